The molecule has 0 radical (unpaired) electrons. The fourth-order valence-corrected chi connectivity index (χ4v) is 2.46. The maximum absolute atomic E-state index is 11.0. The normalized spacial score (nSPS) is 11.1. The minimum absolute atomic E-state index is 0.271. The van der Waals surface area contributed by atoms with E-state index >= 15 is 0 Å². The Morgan fingerprint density at radius 2 is 2.25 bits per heavy atom. The lowest BCUT2D eigenvalue weighted by molar-refractivity contribution is 0.0697. The molecule has 108 valence electrons. The third-order valence-corrected chi connectivity index (χ3v) is 3.52. The first kappa shape index (κ1) is 15.2. The van der Waals surface area contributed by atoms with Crippen LogP contribution in [0.2, 0.25) is 0 Å². The fourth-order valence-electron chi connectivity index (χ4n) is 2.15. The van der Waals surface area contributed by atoms with Crippen LogP contribution in [0, 0.1) is 6.92 Å². The highest BCUT2D eigenvalue weighted by Gasteiger charge is 2.10. The zero-order chi connectivity index (χ0) is 14.5. The summed E-state index contributed by atoms with van der Waals surface area (Å²) >= 11 is 2.29. The molecule has 0 aliphatic heterocycles. The number of alkyl halides is 1. The van der Waals surface area contributed by atoms with Crippen molar-refractivity contribution in [1.29, 1.82) is 0 Å². The Hall–Kier alpha value is -1.15. The van der Waals surface area contributed by atoms with Crippen molar-refractivity contribution in [3.05, 3.63) is 29.6 Å². The van der Waals surface area contributed by atoms with Gasteiger partial charge in [-0.25, -0.2) is 9.78 Å². The molecule has 0 spiro atoms. The predicted molar refractivity (Wildman–Crippen MR) is 85.8 cm³/mol. The summed E-state index contributed by atoms with van der Waals surface area (Å²) < 4.78 is 8.57. The maximum Gasteiger partial charge on any atom is 0.335 e. The summed E-state index contributed by atoms with van der Waals surface area (Å²) in [5.74, 6) is -0.0252. The zero-order valence-electron chi connectivity index (χ0n) is 11.3. The van der Waals surface area contributed by atoms with Gasteiger partial charge in [0.15, 0.2) is 0 Å². The highest BCUT2D eigenvalue weighted by Crippen LogP contribution is 2.18. The van der Waals surface area contributed by atoms with Crippen LogP contribution in [0.3, 0.4) is 0 Å². The molecule has 1 aromatic carbocycles. The van der Waals surface area contributed by atoms with Crippen LogP contribution in [0.25, 0.3) is 11.0 Å². The molecule has 0 saturated heterocycles. The molecule has 6 heteroatoms. The number of fused-ring (bicyclic) bond motifs is 1. The number of carboxylic acid groups (broad SMARTS) is 1. The van der Waals surface area contributed by atoms with E-state index in [1.807, 2.05) is 13.0 Å². The Kier molecular flexibility index (Phi) is 5.36. The summed E-state index contributed by atoms with van der Waals surface area (Å²) in [5, 5.41) is 8.99. The van der Waals surface area contributed by atoms with E-state index in [0.717, 1.165) is 47.5 Å². The van der Waals surface area contributed by atoms with Gasteiger partial charge in [0.1, 0.15) is 5.82 Å². The van der Waals surface area contributed by atoms with Gasteiger partial charge >= 0.3 is 5.97 Å². The Balaban J connectivity index is 2.13. The van der Waals surface area contributed by atoms with E-state index in [4.69, 9.17) is 9.84 Å². The minimum Gasteiger partial charge on any atom is -0.478 e. The van der Waals surface area contributed by atoms with Crippen molar-refractivity contribution in [2.75, 3.05) is 17.6 Å². The van der Waals surface area contributed by atoms with Crippen LogP contribution in [0.15, 0.2) is 18.2 Å². The van der Waals surface area contributed by atoms with E-state index in [1.54, 1.807) is 12.1 Å². The molecular formula is C14H17IN2O3. The van der Waals surface area contributed by atoms with Crippen molar-refractivity contribution in [1.82, 2.24) is 9.55 Å². The van der Waals surface area contributed by atoms with Crippen LogP contribution in [0.1, 0.15) is 22.6 Å². The molecule has 2 aromatic rings. The first-order valence-corrected chi connectivity index (χ1v) is 8.00. The minimum atomic E-state index is -0.925. The van der Waals surface area contributed by atoms with E-state index in [2.05, 4.69) is 32.1 Å². The summed E-state index contributed by atoms with van der Waals surface area (Å²) in [6.07, 6.45) is 0.920. The second-order valence-corrected chi connectivity index (χ2v) is 5.55. The molecule has 1 N–H and O–H groups in total. The van der Waals surface area contributed by atoms with E-state index < -0.39 is 5.97 Å². The van der Waals surface area contributed by atoms with Crippen LogP contribution >= 0.6 is 22.6 Å². The van der Waals surface area contributed by atoms with Gasteiger partial charge in [-0.05, 0) is 31.5 Å². The number of nitrogens with zero attached hydrogens (tertiary/aromatic N) is 2. The lowest BCUT2D eigenvalue weighted by Gasteiger charge is -2.07. The van der Waals surface area contributed by atoms with Crippen molar-refractivity contribution in [3.63, 3.8) is 0 Å². The number of hydrogen-bond donors (Lipinski definition) is 1. The van der Waals surface area contributed by atoms with Crippen molar-refractivity contribution < 1.29 is 14.6 Å². The van der Waals surface area contributed by atoms with Gasteiger partial charge in [-0.3, -0.25) is 0 Å². The number of carbonyl (C=O) groups is 1. The average Bonchev–Trinajstić information content (AvgIpc) is 2.73. The first-order chi connectivity index (χ1) is 9.63. The van der Waals surface area contributed by atoms with Crippen LogP contribution < -0.4 is 0 Å². The summed E-state index contributed by atoms with van der Waals surface area (Å²) in [6.45, 7) is 4.28. The van der Waals surface area contributed by atoms with Crippen molar-refractivity contribution in [2.24, 2.45) is 0 Å². The van der Waals surface area contributed by atoms with Gasteiger partial charge in [-0.1, -0.05) is 22.6 Å². The average molecular weight is 388 g/mol. The molecule has 0 atom stereocenters. The van der Waals surface area contributed by atoms with Crippen LogP contribution in [0.5, 0.6) is 0 Å². The number of rotatable bonds is 7. The third kappa shape index (κ3) is 3.49. The molecule has 2 rings (SSSR count). The highest BCUT2D eigenvalue weighted by molar-refractivity contribution is 14.1. The van der Waals surface area contributed by atoms with Crippen molar-refractivity contribution in [3.8, 4) is 0 Å². The second-order valence-electron chi connectivity index (χ2n) is 4.47. The largest absolute Gasteiger partial charge is 0.478 e. The molecule has 0 bridgehead atoms. The lowest BCUT2D eigenvalue weighted by atomic mass is 10.2. The van der Waals surface area contributed by atoms with Gasteiger partial charge in [0.05, 0.1) is 23.2 Å². The number of imidazole rings is 1. The number of benzene rings is 1. The number of carboxylic acids is 1. The number of aryl methyl sites for hydroxylation is 2. The lowest BCUT2D eigenvalue weighted by Crippen LogP contribution is -2.05. The molecule has 1 heterocycles. The van der Waals surface area contributed by atoms with Gasteiger partial charge in [-0.15, -0.1) is 0 Å². The monoisotopic (exact) mass is 388 g/mol. The molecule has 0 fully saturated rings. The van der Waals surface area contributed by atoms with Crippen LogP contribution in [-0.4, -0.2) is 38.3 Å². The van der Waals surface area contributed by atoms with Crippen molar-refractivity contribution >= 4 is 39.6 Å². The smallest absolute Gasteiger partial charge is 0.335 e. The Morgan fingerprint density at radius 3 is 2.95 bits per heavy atom. The standard InChI is InChI=1S/C14H17IN2O3/c1-10-16-12-9-11(14(18)19)3-4-13(12)17(10)6-2-7-20-8-5-15/h3-4,9H,2,5-8H2,1H3,(H,18,19). The van der Waals surface area contributed by atoms with E-state index in [1.165, 1.54) is 0 Å². The number of ether oxygens (including phenoxy) is 1. The topological polar surface area (TPSA) is 64.3 Å². The summed E-state index contributed by atoms with van der Waals surface area (Å²) in [7, 11) is 0. The molecule has 1 aromatic heterocycles. The van der Waals surface area contributed by atoms with Gasteiger partial charge in [0.25, 0.3) is 0 Å². The SMILES string of the molecule is Cc1nc2cc(C(=O)O)ccc2n1CCCOCCI. The maximum atomic E-state index is 11.0. The molecule has 0 aliphatic carbocycles. The third-order valence-electron chi connectivity index (χ3n) is 3.08. The van der Waals surface area contributed by atoms with Gasteiger partial charge in [0, 0.05) is 17.6 Å². The summed E-state index contributed by atoms with van der Waals surface area (Å²) in [6, 6.07) is 5.06. The summed E-state index contributed by atoms with van der Waals surface area (Å²) in [5.41, 5.74) is 1.98. The highest BCUT2D eigenvalue weighted by atomic mass is 127. The molecule has 0 saturated carbocycles. The van der Waals surface area contributed by atoms with Crippen LogP contribution in [-0.2, 0) is 11.3 Å². The number of halogens is 1. The van der Waals surface area contributed by atoms with E-state index in [9.17, 15) is 4.79 Å². The van der Waals surface area contributed by atoms with E-state index in [0.29, 0.717) is 0 Å². The molecule has 0 amide bonds. The predicted octanol–water partition coefficient (Wildman–Crippen LogP) is 2.88. The first-order valence-electron chi connectivity index (χ1n) is 6.47. The Labute approximate surface area is 131 Å². The second kappa shape index (κ2) is 7.03. The van der Waals surface area contributed by atoms with Gasteiger partial charge in [0.2, 0.25) is 0 Å². The molecule has 5 nitrogen and oxygen atoms in total. The molecular weight excluding hydrogens is 371 g/mol. The summed E-state index contributed by atoms with van der Waals surface area (Å²) in [4.78, 5) is 15.4. The number of aromatic nitrogens is 2. The quantitative estimate of drug-likeness (QED) is 0.450. The number of hydrogen-bond acceptors (Lipinski definition) is 3. The molecule has 0 aliphatic rings. The van der Waals surface area contributed by atoms with Gasteiger partial charge < -0.3 is 14.4 Å². The van der Waals surface area contributed by atoms with E-state index in [-0.39, 0.29) is 5.56 Å². The fraction of sp³-hybridized carbons (Fsp3) is 0.429. The molecule has 0 unspecified atom stereocenters. The van der Waals surface area contributed by atoms with Crippen molar-refractivity contribution in [2.45, 2.75) is 19.9 Å². The Bertz CT molecular complexity index is 610. The van der Waals surface area contributed by atoms with Crippen LogP contribution in [0.4, 0.5) is 0 Å². The zero-order valence-corrected chi connectivity index (χ0v) is 13.5. The Morgan fingerprint density at radius 1 is 1.45 bits per heavy atom. The number of aromatic carboxylic acids is 1. The molecule has 20 heavy (non-hydrogen) atoms. The van der Waals surface area contributed by atoms with Gasteiger partial charge in [-0.2, -0.15) is 0 Å².